The Balaban J connectivity index is 1.87. The number of hydrogen-bond acceptors (Lipinski definition) is 3. The molecule has 0 aromatic carbocycles. The highest BCUT2D eigenvalue weighted by atomic mass is 16.2. The van der Waals surface area contributed by atoms with Gasteiger partial charge in [-0.25, -0.2) is 0 Å². The van der Waals surface area contributed by atoms with Crippen LogP contribution >= 0.6 is 0 Å². The summed E-state index contributed by atoms with van der Waals surface area (Å²) < 4.78 is 0. The minimum Gasteiger partial charge on any atom is -0.340 e. The van der Waals surface area contributed by atoms with Crippen molar-refractivity contribution < 1.29 is 4.79 Å². The van der Waals surface area contributed by atoms with E-state index in [4.69, 9.17) is 0 Å². The summed E-state index contributed by atoms with van der Waals surface area (Å²) in [7, 11) is 0. The first-order valence-corrected chi connectivity index (χ1v) is 6.96. The second kappa shape index (κ2) is 5.83. The maximum atomic E-state index is 12.1. The van der Waals surface area contributed by atoms with Crippen LogP contribution in [0.1, 0.15) is 26.7 Å². The lowest BCUT2D eigenvalue weighted by atomic mass is 9.96. The van der Waals surface area contributed by atoms with Crippen LogP contribution in [0.4, 0.5) is 0 Å². The summed E-state index contributed by atoms with van der Waals surface area (Å²) in [6.45, 7) is 10.3. The Kier molecular flexibility index (Phi) is 4.40. The lowest BCUT2D eigenvalue weighted by Crippen LogP contribution is -2.56. The van der Waals surface area contributed by atoms with Gasteiger partial charge in [0.25, 0.3) is 0 Å². The molecule has 2 rings (SSSR count). The van der Waals surface area contributed by atoms with Crippen molar-refractivity contribution >= 4 is 5.91 Å². The van der Waals surface area contributed by atoms with Crippen LogP contribution < -0.4 is 5.32 Å². The third-order valence-corrected chi connectivity index (χ3v) is 4.21. The number of likely N-dealkylation sites (N-methyl/N-ethyl adjacent to an activating group) is 1. The van der Waals surface area contributed by atoms with Gasteiger partial charge in [-0.1, -0.05) is 0 Å². The summed E-state index contributed by atoms with van der Waals surface area (Å²) in [5.41, 5.74) is 0. The third-order valence-electron chi connectivity index (χ3n) is 4.21. The van der Waals surface area contributed by atoms with E-state index in [-0.39, 0.29) is 6.04 Å². The minimum absolute atomic E-state index is 0.0820. The number of carbonyl (C=O) groups excluding carboxylic acids is 1. The number of nitrogens with one attached hydrogen (secondary N) is 1. The summed E-state index contributed by atoms with van der Waals surface area (Å²) >= 11 is 0. The second-order valence-corrected chi connectivity index (χ2v) is 5.28. The van der Waals surface area contributed by atoms with Crippen LogP contribution in [0.3, 0.4) is 0 Å². The Labute approximate surface area is 104 Å². The number of hydrogen-bond donors (Lipinski definition) is 1. The minimum atomic E-state index is 0.0820. The molecule has 0 aliphatic carbocycles. The van der Waals surface area contributed by atoms with Gasteiger partial charge in [0.1, 0.15) is 0 Å². The summed E-state index contributed by atoms with van der Waals surface area (Å²) in [6.07, 6.45) is 2.52. The highest BCUT2D eigenvalue weighted by Gasteiger charge is 2.31. The topological polar surface area (TPSA) is 35.6 Å². The molecule has 2 aliphatic heterocycles. The molecule has 17 heavy (non-hydrogen) atoms. The van der Waals surface area contributed by atoms with E-state index >= 15 is 0 Å². The lowest BCUT2D eigenvalue weighted by molar-refractivity contribution is -0.141. The zero-order chi connectivity index (χ0) is 12.3. The van der Waals surface area contributed by atoms with Crippen molar-refractivity contribution in [1.29, 1.82) is 0 Å². The summed E-state index contributed by atoms with van der Waals surface area (Å²) in [5.74, 6) is 1.09. The molecule has 4 nitrogen and oxygen atoms in total. The molecular formula is C13H25N3O. The molecule has 1 amide bonds. The fraction of sp³-hybridized carbons (Fsp3) is 0.923. The molecule has 0 bridgehead atoms. The van der Waals surface area contributed by atoms with Crippen LogP contribution in [0.2, 0.25) is 0 Å². The second-order valence-electron chi connectivity index (χ2n) is 5.28. The largest absolute Gasteiger partial charge is 0.340 e. The maximum absolute atomic E-state index is 12.1. The number of rotatable bonds is 3. The average Bonchev–Trinajstić information content (AvgIpc) is 2.37. The quantitative estimate of drug-likeness (QED) is 0.781. The van der Waals surface area contributed by atoms with Crippen LogP contribution in [-0.4, -0.2) is 61.0 Å². The molecule has 0 spiro atoms. The van der Waals surface area contributed by atoms with Crippen molar-refractivity contribution in [2.45, 2.75) is 32.7 Å². The molecule has 1 N–H and O–H groups in total. The van der Waals surface area contributed by atoms with E-state index in [1.807, 2.05) is 4.90 Å². The maximum Gasteiger partial charge on any atom is 0.239 e. The number of amides is 1. The summed E-state index contributed by atoms with van der Waals surface area (Å²) in [6, 6.07) is 0.0820. The molecule has 1 atom stereocenters. The summed E-state index contributed by atoms with van der Waals surface area (Å²) in [4.78, 5) is 16.4. The summed E-state index contributed by atoms with van der Waals surface area (Å²) in [5, 5.41) is 3.39. The Hall–Kier alpha value is -0.610. The SMILES string of the molecule is CCN1CCN(CC2CCNCC2)C(C)C1=O. The van der Waals surface area contributed by atoms with Gasteiger partial charge in [0.2, 0.25) is 5.91 Å². The monoisotopic (exact) mass is 239 g/mol. The van der Waals surface area contributed by atoms with Gasteiger partial charge in [-0.15, -0.1) is 0 Å². The highest BCUT2D eigenvalue weighted by Crippen LogP contribution is 2.18. The van der Waals surface area contributed by atoms with Crippen LogP contribution in [0, 0.1) is 5.92 Å². The zero-order valence-corrected chi connectivity index (χ0v) is 11.1. The van der Waals surface area contributed by atoms with Gasteiger partial charge in [-0.05, 0) is 45.7 Å². The number of piperazine rings is 1. The van der Waals surface area contributed by atoms with E-state index in [1.165, 1.54) is 12.8 Å². The first kappa shape index (κ1) is 12.8. The molecule has 0 saturated carbocycles. The molecular weight excluding hydrogens is 214 g/mol. The predicted octanol–water partition coefficient (Wildman–Crippen LogP) is 0.539. The van der Waals surface area contributed by atoms with Gasteiger partial charge in [0.05, 0.1) is 6.04 Å². The van der Waals surface area contributed by atoms with Gasteiger partial charge in [-0.2, -0.15) is 0 Å². The van der Waals surface area contributed by atoms with Crippen molar-refractivity contribution in [1.82, 2.24) is 15.1 Å². The Morgan fingerprint density at radius 1 is 1.29 bits per heavy atom. The fourth-order valence-electron chi connectivity index (χ4n) is 2.93. The Bertz CT molecular complexity index is 263. The van der Waals surface area contributed by atoms with Crippen molar-refractivity contribution in [3.05, 3.63) is 0 Å². The van der Waals surface area contributed by atoms with Crippen LogP contribution in [0.5, 0.6) is 0 Å². The molecule has 2 aliphatic rings. The standard InChI is InChI=1S/C13H25N3O/c1-3-15-8-9-16(11(2)13(15)17)10-12-4-6-14-7-5-12/h11-12,14H,3-10H2,1-2H3. The van der Waals surface area contributed by atoms with E-state index < -0.39 is 0 Å². The molecule has 1 unspecified atom stereocenters. The molecule has 0 aromatic heterocycles. The van der Waals surface area contributed by atoms with Gasteiger partial charge in [0.15, 0.2) is 0 Å². The van der Waals surface area contributed by atoms with E-state index in [9.17, 15) is 4.79 Å². The Morgan fingerprint density at radius 2 is 2.00 bits per heavy atom. The zero-order valence-electron chi connectivity index (χ0n) is 11.1. The molecule has 0 radical (unpaired) electrons. The highest BCUT2D eigenvalue weighted by molar-refractivity contribution is 5.82. The smallest absolute Gasteiger partial charge is 0.239 e. The first-order valence-electron chi connectivity index (χ1n) is 6.96. The molecule has 4 heteroatoms. The van der Waals surface area contributed by atoms with Crippen molar-refractivity contribution in [2.75, 3.05) is 39.3 Å². The van der Waals surface area contributed by atoms with E-state index in [1.54, 1.807) is 0 Å². The van der Waals surface area contributed by atoms with E-state index in [0.29, 0.717) is 5.91 Å². The van der Waals surface area contributed by atoms with Crippen LogP contribution in [-0.2, 0) is 4.79 Å². The third kappa shape index (κ3) is 2.99. The van der Waals surface area contributed by atoms with Crippen molar-refractivity contribution in [2.24, 2.45) is 5.92 Å². The van der Waals surface area contributed by atoms with Gasteiger partial charge in [0, 0.05) is 26.2 Å². The predicted molar refractivity (Wildman–Crippen MR) is 68.9 cm³/mol. The lowest BCUT2D eigenvalue weighted by Gasteiger charge is -2.40. The van der Waals surface area contributed by atoms with Crippen molar-refractivity contribution in [3.8, 4) is 0 Å². The molecule has 2 saturated heterocycles. The molecule has 98 valence electrons. The average molecular weight is 239 g/mol. The Morgan fingerprint density at radius 3 is 2.65 bits per heavy atom. The number of carbonyl (C=O) groups is 1. The van der Waals surface area contributed by atoms with Crippen LogP contribution in [0.15, 0.2) is 0 Å². The van der Waals surface area contributed by atoms with Crippen LogP contribution in [0.25, 0.3) is 0 Å². The van der Waals surface area contributed by atoms with Gasteiger partial charge < -0.3 is 10.2 Å². The molecule has 2 fully saturated rings. The molecule has 0 aromatic rings. The number of piperidine rings is 1. The fourth-order valence-corrected chi connectivity index (χ4v) is 2.93. The first-order chi connectivity index (χ1) is 8.22. The van der Waals surface area contributed by atoms with E-state index in [0.717, 1.165) is 45.2 Å². The van der Waals surface area contributed by atoms with Gasteiger partial charge >= 0.3 is 0 Å². The van der Waals surface area contributed by atoms with Gasteiger partial charge in [-0.3, -0.25) is 9.69 Å². The van der Waals surface area contributed by atoms with Crippen molar-refractivity contribution in [3.63, 3.8) is 0 Å². The molecule has 2 heterocycles. The number of nitrogens with zero attached hydrogens (tertiary/aromatic N) is 2. The van der Waals surface area contributed by atoms with E-state index in [2.05, 4.69) is 24.1 Å². The normalized spacial score (nSPS) is 28.7.